The van der Waals surface area contributed by atoms with Crippen molar-refractivity contribution in [2.45, 2.75) is 0 Å². The van der Waals surface area contributed by atoms with Crippen molar-refractivity contribution in [3.05, 3.63) is 46.2 Å². The molecular weight excluding hydrogens is 324 g/mol. The number of hydrogen-bond donors (Lipinski definition) is 1. The van der Waals surface area contributed by atoms with Gasteiger partial charge in [-0.1, -0.05) is 12.1 Å². The van der Waals surface area contributed by atoms with Crippen molar-refractivity contribution in [3.8, 4) is 5.75 Å². The summed E-state index contributed by atoms with van der Waals surface area (Å²) in [7, 11) is 3.33. The third-order valence-electron chi connectivity index (χ3n) is 2.47. The van der Waals surface area contributed by atoms with Crippen molar-refractivity contribution in [1.29, 1.82) is 0 Å². The number of hydrazone groups is 1. The summed E-state index contributed by atoms with van der Waals surface area (Å²) >= 11 is 3.26. The number of amides is 1. The molecule has 0 bridgehead atoms. The highest BCUT2D eigenvalue weighted by Gasteiger charge is 2.13. The topological polar surface area (TPSA) is 68.5 Å². The summed E-state index contributed by atoms with van der Waals surface area (Å²) in [6.07, 6.45) is 3.23. The first-order valence-electron chi connectivity index (χ1n) is 5.77. The third-order valence-corrected chi connectivity index (χ3v) is 3.05. The average molecular weight is 337 g/mol. The molecule has 104 valence electrons. The Balaban J connectivity index is 2.02. The SMILES string of the molecule is COc1cccc(C=NNC(=O)c2nn(C)cc2Br)c1. The lowest BCUT2D eigenvalue weighted by Crippen LogP contribution is -2.18. The van der Waals surface area contributed by atoms with Crippen LogP contribution >= 0.6 is 15.9 Å². The molecule has 0 saturated heterocycles. The number of carbonyl (C=O) groups is 1. The van der Waals surface area contributed by atoms with Gasteiger partial charge in [-0.25, -0.2) is 5.43 Å². The molecule has 20 heavy (non-hydrogen) atoms. The zero-order chi connectivity index (χ0) is 14.5. The van der Waals surface area contributed by atoms with Gasteiger partial charge < -0.3 is 4.74 Å². The Morgan fingerprint density at radius 3 is 3.00 bits per heavy atom. The minimum atomic E-state index is -0.378. The predicted octanol–water partition coefficient (Wildman–Crippen LogP) is 1.96. The van der Waals surface area contributed by atoms with Gasteiger partial charge in [-0.2, -0.15) is 10.2 Å². The summed E-state index contributed by atoms with van der Waals surface area (Å²) < 4.78 is 7.27. The van der Waals surface area contributed by atoms with Crippen LogP contribution in [0.25, 0.3) is 0 Å². The number of aromatic nitrogens is 2. The summed E-state index contributed by atoms with van der Waals surface area (Å²) in [5.74, 6) is 0.351. The molecule has 0 unspecified atom stereocenters. The predicted molar refractivity (Wildman–Crippen MR) is 79.0 cm³/mol. The fourth-order valence-electron chi connectivity index (χ4n) is 1.55. The monoisotopic (exact) mass is 336 g/mol. The summed E-state index contributed by atoms with van der Waals surface area (Å²) in [6.45, 7) is 0. The van der Waals surface area contributed by atoms with Crippen LogP contribution in [0.3, 0.4) is 0 Å². The van der Waals surface area contributed by atoms with Gasteiger partial charge in [0.15, 0.2) is 5.69 Å². The van der Waals surface area contributed by atoms with E-state index in [4.69, 9.17) is 4.74 Å². The highest BCUT2D eigenvalue weighted by Crippen LogP contribution is 2.14. The molecule has 1 heterocycles. The van der Waals surface area contributed by atoms with Crippen LogP contribution in [0.1, 0.15) is 16.1 Å². The van der Waals surface area contributed by atoms with Crippen molar-refractivity contribution >= 4 is 28.1 Å². The third kappa shape index (κ3) is 3.45. The summed E-state index contributed by atoms with van der Waals surface area (Å²) in [5, 5.41) is 7.92. The number of hydrogen-bond acceptors (Lipinski definition) is 4. The number of ether oxygens (including phenoxy) is 1. The van der Waals surface area contributed by atoms with Crippen LogP contribution < -0.4 is 10.2 Å². The number of carbonyl (C=O) groups excluding carboxylic acids is 1. The van der Waals surface area contributed by atoms with Crippen molar-refractivity contribution < 1.29 is 9.53 Å². The number of nitrogens with one attached hydrogen (secondary N) is 1. The fourth-order valence-corrected chi connectivity index (χ4v) is 2.11. The summed E-state index contributed by atoms with van der Waals surface area (Å²) in [5.41, 5.74) is 3.53. The molecule has 0 spiro atoms. The zero-order valence-electron chi connectivity index (χ0n) is 11.0. The Kier molecular flexibility index (Phi) is 4.52. The van der Waals surface area contributed by atoms with Gasteiger partial charge in [-0.3, -0.25) is 9.48 Å². The van der Waals surface area contributed by atoms with E-state index in [9.17, 15) is 4.79 Å². The molecule has 6 nitrogen and oxygen atoms in total. The van der Waals surface area contributed by atoms with Crippen molar-refractivity contribution in [2.24, 2.45) is 12.1 Å². The fraction of sp³-hybridized carbons (Fsp3) is 0.154. The zero-order valence-corrected chi connectivity index (χ0v) is 12.6. The molecular formula is C13H13BrN4O2. The summed E-state index contributed by atoms with van der Waals surface area (Å²) in [6, 6.07) is 7.35. The van der Waals surface area contributed by atoms with Gasteiger partial charge in [-0.05, 0) is 33.6 Å². The largest absolute Gasteiger partial charge is 0.497 e. The first kappa shape index (κ1) is 14.3. The quantitative estimate of drug-likeness (QED) is 0.685. The van der Waals surface area contributed by atoms with Crippen LogP contribution in [-0.2, 0) is 7.05 Å². The van der Waals surface area contributed by atoms with Gasteiger partial charge in [0.2, 0.25) is 0 Å². The molecule has 0 radical (unpaired) electrons. The van der Waals surface area contributed by atoms with E-state index in [0.29, 0.717) is 4.47 Å². The molecule has 7 heteroatoms. The van der Waals surface area contributed by atoms with Crippen LogP contribution in [-0.4, -0.2) is 29.0 Å². The van der Waals surface area contributed by atoms with E-state index in [1.807, 2.05) is 24.3 Å². The second-order valence-electron chi connectivity index (χ2n) is 3.98. The summed E-state index contributed by atoms with van der Waals surface area (Å²) in [4.78, 5) is 11.8. The number of nitrogens with zero attached hydrogens (tertiary/aromatic N) is 3. The first-order chi connectivity index (χ1) is 9.60. The lowest BCUT2D eigenvalue weighted by Gasteiger charge is -2.00. The maximum atomic E-state index is 11.8. The van der Waals surface area contributed by atoms with Gasteiger partial charge in [-0.15, -0.1) is 0 Å². The van der Waals surface area contributed by atoms with Gasteiger partial charge in [0.05, 0.1) is 17.8 Å². The van der Waals surface area contributed by atoms with Crippen molar-refractivity contribution in [1.82, 2.24) is 15.2 Å². The number of rotatable bonds is 4. The molecule has 1 amide bonds. The highest BCUT2D eigenvalue weighted by atomic mass is 79.9. The molecule has 0 saturated carbocycles. The van der Waals surface area contributed by atoms with E-state index in [2.05, 4.69) is 31.6 Å². The molecule has 2 aromatic rings. The van der Waals surface area contributed by atoms with Crippen LogP contribution in [0.2, 0.25) is 0 Å². The van der Waals surface area contributed by atoms with Gasteiger partial charge in [0, 0.05) is 13.2 Å². The van der Waals surface area contributed by atoms with Crippen LogP contribution in [0.5, 0.6) is 5.75 Å². The van der Waals surface area contributed by atoms with E-state index < -0.39 is 0 Å². The molecule has 1 N–H and O–H groups in total. The van der Waals surface area contributed by atoms with E-state index in [1.54, 1.807) is 25.0 Å². The van der Waals surface area contributed by atoms with Crippen molar-refractivity contribution in [2.75, 3.05) is 7.11 Å². The van der Waals surface area contributed by atoms with Gasteiger partial charge in [0.25, 0.3) is 5.91 Å². The Hall–Kier alpha value is -2.15. The minimum absolute atomic E-state index is 0.287. The Morgan fingerprint density at radius 2 is 2.35 bits per heavy atom. The Morgan fingerprint density at radius 1 is 1.55 bits per heavy atom. The van der Waals surface area contributed by atoms with Crippen LogP contribution in [0, 0.1) is 0 Å². The standard InChI is InChI=1S/C13H13BrN4O2/c1-18-8-11(14)12(17-18)13(19)16-15-7-9-4-3-5-10(6-9)20-2/h3-8H,1-2H3,(H,16,19). The van der Waals surface area contributed by atoms with E-state index >= 15 is 0 Å². The molecule has 1 aromatic heterocycles. The van der Waals surface area contributed by atoms with Crippen molar-refractivity contribution in [3.63, 3.8) is 0 Å². The highest BCUT2D eigenvalue weighted by molar-refractivity contribution is 9.10. The number of methoxy groups -OCH3 is 1. The van der Waals surface area contributed by atoms with Crippen LogP contribution in [0.15, 0.2) is 40.0 Å². The Bertz CT molecular complexity index is 652. The molecule has 0 aliphatic carbocycles. The molecule has 1 aromatic carbocycles. The van der Waals surface area contributed by atoms with E-state index in [1.165, 1.54) is 6.21 Å². The minimum Gasteiger partial charge on any atom is -0.497 e. The normalized spacial score (nSPS) is 10.8. The lowest BCUT2D eigenvalue weighted by molar-refractivity contribution is 0.0948. The smallest absolute Gasteiger partial charge is 0.293 e. The number of halogens is 1. The van der Waals surface area contributed by atoms with Gasteiger partial charge >= 0.3 is 0 Å². The lowest BCUT2D eigenvalue weighted by atomic mass is 10.2. The van der Waals surface area contributed by atoms with E-state index in [0.717, 1.165) is 11.3 Å². The molecule has 0 aliphatic heterocycles. The number of benzene rings is 1. The Labute approximate surface area is 124 Å². The second kappa shape index (κ2) is 6.33. The molecule has 0 aliphatic rings. The van der Waals surface area contributed by atoms with Crippen LogP contribution in [0.4, 0.5) is 0 Å². The average Bonchev–Trinajstić information content (AvgIpc) is 2.78. The maximum absolute atomic E-state index is 11.8. The molecule has 0 fully saturated rings. The van der Waals surface area contributed by atoms with Gasteiger partial charge in [0.1, 0.15) is 5.75 Å². The molecule has 0 atom stereocenters. The first-order valence-corrected chi connectivity index (χ1v) is 6.56. The molecule has 2 rings (SSSR count). The van der Waals surface area contributed by atoms with E-state index in [-0.39, 0.29) is 11.6 Å². The maximum Gasteiger partial charge on any atom is 0.293 e. The second-order valence-corrected chi connectivity index (χ2v) is 4.83. The number of aryl methyl sites for hydroxylation is 1.